The van der Waals surface area contributed by atoms with Crippen LogP contribution < -0.4 is 0 Å². The third-order valence-electron chi connectivity index (χ3n) is 9.21. The first kappa shape index (κ1) is 37.1. The topological polar surface area (TPSA) is 0 Å². The van der Waals surface area contributed by atoms with E-state index in [1.807, 2.05) is 0 Å². The predicted octanol–water partition coefficient (Wildman–Crippen LogP) is 13.7. The summed E-state index contributed by atoms with van der Waals surface area (Å²) in [7, 11) is 0. The van der Waals surface area contributed by atoms with E-state index in [4.69, 9.17) is 0 Å². The van der Waals surface area contributed by atoms with Gasteiger partial charge < -0.3 is 0 Å². The lowest BCUT2D eigenvalue weighted by atomic mass is 9.80. The number of hydrogen-bond acceptors (Lipinski definition) is 0. The van der Waals surface area contributed by atoms with Gasteiger partial charge in [-0.3, -0.25) is 0 Å². The third kappa shape index (κ3) is 10.8. The van der Waals surface area contributed by atoms with Crippen molar-refractivity contribution < 1.29 is 0 Å². The van der Waals surface area contributed by atoms with Crippen LogP contribution in [0.2, 0.25) is 0 Å². The number of benzene rings is 1. The van der Waals surface area contributed by atoms with Crippen molar-refractivity contribution >= 4 is 0 Å². The van der Waals surface area contributed by atoms with E-state index in [9.17, 15) is 0 Å². The summed E-state index contributed by atoms with van der Waals surface area (Å²) in [6.45, 7) is 41.1. The van der Waals surface area contributed by atoms with Gasteiger partial charge in [-0.15, -0.1) is 0 Å². The molecule has 3 aliphatic carbocycles. The van der Waals surface area contributed by atoms with Crippen LogP contribution in [0.1, 0.15) is 155 Å². The van der Waals surface area contributed by atoms with Gasteiger partial charge in [0, 0.05) is 0 Å². The maximum atomic E-state index is 2.45. The Balaban J connectivity index is 0.000000227. The second-order valence-corrected chi connectivity index (χ2v) is 19.4. The van der Waals surface area contributed by atoms with Gasteiger partial charge in [0.1, 0.15) is 0 Å². The highest BCUT2D eigenvalue weighted by atomic mass is 14.4. The summed E-state index contributed by atoms with van der Waals surface area (Å²) in [5.41, 5.74) is 14.2. The molecule has 240 valence electrons. The lowest BCUT2D eigenvalue weighted by Crippen LogP contribution is -2.14. The second kappa shape index (κ2) is 12.7. The average Bonchev–Trinajstić information content (AvgIpc) is 3.52. The Morgan fingerprint density at radius 3 is 0.767 bits per heavy atom. The van der Waals surface area contributed by atoms with Gasteiger partial charge in [0.25, 0.3) is 0 Å². The molecular formula is C43H68. The highest BCUT2D eigenvalue weighted by Gasteiger charge is 2.30. The van der Waals surface area contributed by atoms with Crippen LogP contribution in [0.15, 0.2) is 82.0 Å². The fraction of sp³-hybridized carbons (Fsp3) is 0.628. The maximum absolute atomic E-state index is 2.45. The summed E-state index contributed by atoms with van der Waals surface area (Å²) in [5, 5.41) is 0. The fourth-order valence-electron chi connectivity index (χ4n) is 5.44. The van der Waals surface area contributed by atoms with Crippen LogP contribution in [0.3, 0.4) is 0 Å². The molecule has 0 aliphatic heterocycles. The van der Waals surface area contributed by atoms with Crippen LogP contribution in [-0.2, 0) is 10.8 Å². The van der Waals surface area contributed by atoms with Crippen molar-refractivity contribution in [2.24, 2.45) is 21.7 Å². The Labute approximate surface area is 268 Å². The van der Waals surface area contributed by atoms with E-state index >= 15 is 0 Å². The first-order valence-corrected chi connectivity index (χ1v) is 16.8. The molecule has 0 saturated heterocycles. The molecule has 1 aromatic rings. The summed E-state index contributed by atoms with van der Waals surface area (Å²) in [6.07, 6.45) is 13.0. The average molecular weight is 585 g/mol. The van der Waals surface area contributed by atoms with Gasteiger partial charge >= 0.3 is 0 Å². The number of allylic oxidation sites excluding steroid dienone is 10. The van der Waals surface area contributed by atoms with Gasteiger partial charge in [-0.2, -0.15) is 0 Å². The SMILES string of the molecule is CC(C)(C)C1=CC2=C(C=C(C(C)(C)C)C2)C1.CC(C)(C)C1=CC=C(C(C)(C)C)C1.CC(C)(C)c1ccc(C(C)(C)C)cc1. The monoisotopic (exact) mass is 585 g/mol. The van der Waals surface area contributed by atoms with Crippen molar-refractivity contribution in [1.82, 2.24) is 0 Å². The lowest BCUT2D eigenvalue weighted by Gasteiger charge is -2.25. The fourth-order valence-corrected chi connectivity index (χ4v) is 5.44. The molecule has 1 aromatic carbocycles. The van der Waals surface area contributed by atoms with Gasteiger partial charge in [-0.25, -0.2) is 0 Å². The minimum atomic E-state index is 0.260. The summed E-state index contributed by atoms with van der Waals surface area (Å²) in [4.78, 5) is 0. The highest BCUT2D eigenvalue weighted by molar-refractivity contribution is 5.54. The second-order valence-electron chi connectivity index (χ2n) is 19.4. The van der Waals surface area contributed by atoms with E-state index in [0.717, 1.165) is 0 Å². The zero-order valence-electron chi connectivity index (χ0n) is 31.7. The van der Waals surface area contributed by atoms with Crippen LogP contribution in [0, 0.1) is 21.7 Å². The third-order valence-corrected chi connectivity index (χ3v) is 9.21. The zero-order chi connectivity index (χ0) is 33.4. The molecule has 0 radical (unpaired) electrons. The van der Waals surface area contributed by atoms with E-state index in [1.165, 1.54) is 30.4 Å². The molecule has 0 heteroatoms. The van der Waals surface area contributed by atoms with Crippen LogP contribution in [0.25, 0.3) is 0 Å². The van der Waals surface area contributed by atoms with Crippen molar-refractivity contribution in [1.29, 1.82) is 0 Å². The largest absolute Gasteiger partial charge is 0.0622 e. The number of hydrogen-bond donors (Lipinski definition) is 0. The van der Waals surface area contributed by atoms with Crippen molar-refractivity contribution in [2.75, 3.05) is 0 Å². The zero-order valence-corrected chi connectivity index (χ0v) is 31.7. The molecular weight excluding hydrogens is 516 g/mol. The molecule has 3 aliphatic rings. The molecule has 0 fully saturated rings. The molecule has 0 heterocycles. The Bertz CT molecular complexity index is 1170. The van der Waals surface area contributed by atoms with Crippen LogP contribution in [-0.4, -0.2) is 0 Å². The van der Waals surface area contributed by atoms with E-state index in [2.05, 4.69) is 173 Å². The standard InChI is InChI=1S/C16H24.C14H22.C13H22/c1-15(2,3)13-7-11-9-14(16(4,5)6)10-12(11)8-13;1-13(2,3)11-7-9-12(10-8-11)14(4,5)6;1-12(2,3)10-7-8-11(9-10)13(4,5)6/h7,10H,8-9H2,1-6H3;7-10H,1-6H3;7-8H,9H2,1-6H3. The van der Waals surface area contributed by atoms with E-state index in [-0.39, 0.29) is 10.8 Å². The van der Waals surface area contributed by atoms with E-state index in [1.54, 1.807) is 33.4 Å². The van der Waals surface area contributed by atoms with Gasteiger partial charge in [-0.1, -0.05) is 195 Å². The van der Waals surface area contributed by atoms with Gasteiger partial charge in [0.2, 0.25) is 0 Å². The van der Waals surface area contributed by atoms with Crippen molar-refractivity contribution in [2.45, 2.75) is 155 Å². The minimum absolute atomic E-state index is 0.260. The van der Waals surface area contributed by atoms with Crippen molar-refractivity contribution in [3.63, 3.8) is 0 Å². The molecule has 0 N–H and O–H groups in total. The van der Waals surface area contributed by atoms with Gasteiger partial charge in [0.05, 0.1) is 0 Å². The highest BCUT2D eigenvalue weighted by Crippen LogP contribution is 2.46. The molecule has 0 amide bonds. The first-order valence-electron chi connectivity index (χ1n) is 16.8. The molecule has 0 spiro atoms. The molecule has 0 atom stereocenters. The summed E-state index contributed by atoms with van der Waals surface area (Å²) >= 11 is 0. The smallest absolute Gasteiger partial charge is 0.00558 e. The molecule has 0 aromatic heterocycles. The van der Waals surface area contributed by atoms with E-state index < -0.39 is 0 Å². The van der Waals surface area contributed by atoms with Crippen LogP contribution in [0.4, 0.5) is 0 Å². The maximum Gasteiger partial charge on any atom is -0.00558 e. The Kier molecular flexibility index (Phi) is 11.0. The Morgan fingerprint density at radius 1 is 0.326 bits per heavy atom. The van der Waals surface area contributed by atoms with Crippen molar-refractivity contribution in [3.05, 3.63) is 93.1 Å². The van der Waals surface area contributed by atoms with Crippen LogP contribution >= 0.6 is 0 Å². The predicted molar refractivity (Wildman–Crippen MR) is 195 cm³/mol. The quantitative estimate of drug-likeness (QED) is 0.284. The molecule has 0 saturated carbocycles. The molecule has 4 rings (SSSR count). The van der Waals surface area contributed by atoms with Gasteiger partial charge in [0.15, 0.2) is 0 Å². The summed E-state index contributed by atoms with van der Waals surface area (Å²) in [6, 6.07) is 9.00. The minimum Gasteiger partial charge on any atom is -0.0622 e. The Hall–Kier alpha value is -2.08. The summed E-state index contributed by atoms with van der Waals surface area (Å²) < 4.78 is 0. The summed E-state index contributed by atoms with van der Waals surface area (Å²) in [5.74, 6) is 0. The lowest BCUT2D eigenvalue weighted by molar-refractivity contribution is 0.458. The molecule has 0 nitrogen and oxygen atoms in total. The Morgan fingerprint density at radius 2 is 0.581 bits per heavy atom. The number of rotatable bonds is 0. The normalized spacial score (nSPS) is 17.7. The first-order chi connectivity index (χ1) is 19.1. The van der Waals surface area contributed by atoms with Crippen molar-refractivity contribution in [3.8, 4) is 0 Å². The van der Waals surface area contributed by atoms with Gasteiger partial charge in [-0.05, 0) is 74.0 Å². The molecule has 43 heavy (non-hydrogen) atoms. The van der Waals surface area contributed by atoms with Crippen LogP contribution in [0.5, 0.6) is 0 Å². The molecule has 0 unspecified atom stereocenters. The van der Waals surface area contributed by atoms with E-state index in [0.29, 0.717) is 21.7 Å². The molecule has 0 bridgehead atoms.